The lowest BCUT2D eigenvalue weighted by atomic mass is 10.2. The van der Waals surface area contributed by atoms with E-state index < -0.39 is 15.9 Å². The molecule has 1 saturated heterocycles. The van der Waals surface area contributed by atoms with Crippen LogP contribution in [0.5, 0.6) is 11.5 Å². The smallest absolute Gasteiger partial charge is 0.271 e. The fourth-order valence-corrected chi connectivity index (χ4v) is 4.44. The maximum Gasteiger partial charge on any atom is 0.271 e. The molecule has 1 aliphatic rings. The Morgan fingerprint density at radius 3 is 2.68 bits per heavy atom. The topological polar surface area (TPSA) is 108 Å². The van der Waals surface area contributed by atoms with Crippen molar-refractivity contribution in [2.45, 2.75) is 17.7 Å². The first-order valence-electron chi connectivity index (χ1n) is 8.72. The number of phenols is 1. The standard InChI is InChI=1S/C19H21N3O5S/c1-27-18-11-14(7-8-17(18)23)13-20-21-19(24)15-5-4-6-16(12-15)28(25,26)22-9-2-3-10-22/h4-8,11-13,23H,2-3,9-10H2,1H3,(H,21,24)/b20-13+. The Balaban J connectivity index is 1.71. The number of rotatable bonds is 6. The molecule has 0 unspecified atom stereocenters. The van der Waals surface area contributed by atoms with Gasteiger partial charge in [0.2, 0.25) is 10.0 Å². The van der Waals surface area contributed by atoms with E-state index in [2.05, 4.69) is 10.5 Å². The highest BCUT2D eigenvalue weighted by molar-refractivity contribution is 7.89. The molecule has 2 aromatic carbocycles. The van der Waals surface area contributed by atoms with Gasteiger partial charge in [0.1, 0.15) is 0 Å². The molecule has 0 aromatic heterocycles. The van der Waals surface area contributed by atoms with Crippen LogP contribution >= 0.6 is 0 Å². The summed E-state index contributed by atoms with van der Waals surface area (Å²) in [5.41, 5.74) is 3.17. The Labute approximate surface area is 163 Å². The summed E-state index contributed by atoms with van der Waals surface area (Å²) in [5.74, 6) is -0.240. The quantitative estimate of drug-likeness (QED) is 0.566. The van der Waals surface area contributed by atoms with Gasteiger partial charge in [-0.05, 0) is 54.8 Å². The molecule has 0 bridgehead atoms. The summed E-state index contributed by atoms with van der Waals surface area (Å²) >= 11 is 0. The van der Waals surface area contributed by atoms with Gasteiger partial charge in [-0.15, -0.1) is 0 Å². The number of hydrazone groups is 1. The minimum atomic E-state index is -3.59. The van der Waals surface area contributed by atoms with E-state index in [-0.39, 0.29) is 22.0 Å². The number of carbonyl (C=O) groups excluding carboxylic acids is 1. The maximum absolute atomic E-state index is 12.6. The van der Waals surface area contributed by atoms with Crippen LogP contribution in [-0.2, 0) is 10.0 Å². The van der Waals surface area contributed by atoms with Gasteiger partial charge >= 0.3 is 0 Å². The van der Waals surface area contributed by atoms with Gasteiger partial charge < -0.3 is 9.84 Å². The van der Waals surface area contributed by atoms with E-state index in [1.165, 1.54) is 48.0 Å². The van der Waals surface area contributed by atoms with Gasteiger partial charge in [0.25, 0.3) is 5.91 Å². The SMILES string of the molecule is COc1cc(/C=N/NC(=O)c2cccc(S(=O)(=O)N3CCCC3)c2)ccc1O. The van der Waals surface area contributed by atoms with E-state index >= 15 is 0 Å². The van der Waals surface area contributed by atoms with Gasteiger partial charge in [-0.2, -0.15) is 9.41 Å². The highest BCUT2D eigenvalue weighted by Crippen LogP contribution is 2.25. The second kappa shape index (κ2) is 8.41. The van der Waals surface area contributed by atoms with E-state index in [0.29, 0.717) is 18.7 Å². The summed E-state index contributed by atoms with van der Waals surface area (Å²) in [6.45, 7) is 0.998. The summed E-state index contributed by atoms with van der Waals surface area (Å²) in [5, 5.41) is 13.4. The fourth-order valence-electron chi connectivity index (χ4n) is 2.88. The molecule has 1 heterocycles. The molecule has 3 rings (SSSR count). The predicted molar refractivity (Wildman–Crippen MR) is 104 cm³/mol. The minimum absolute atomic E-state index is 0.000266. The molecule has 0 saturated carbocycles. The van der Waals surface area contributed by atoms with Crippen molar-refractivity contribution in [3.8, 4) is 11.5 Å². The van der Waals surface area contributed by atoms with Crippen molar-refractivity contribution in [1.29, 1.82) is 0 Å². The van der Waals surface area contributed by atoms with E-state index in [1.54, 1.807) is 12.1 Å². The first-order valence-corrected chi connectivity index (χ1v) is 10.2. The molecule has 0 aliphatic carbocycles. The lowest BCUT2D eigenvalue weighted by Gasteiger charge is -2.15. The monoisotopic (exact) mass is 403 g/mol. The van der Waals surface area contributed by atoms with E-state index in [9.17, 15) is 18.3 Å². The van der Waals surface area contributed by atoms with Crippen molar-refractivity contribution in [3.05, 3.63) is 53.6 Å². The third-order valence-corrected chi connectivity index (χ3v) is 6.28. The molecule has 0 spiro atoms. The highest BCUT2D eigenvalue weighted by atomic mass is 32.2. The number of benzene rings is 2. The number of methoxy groups -OCH3 is 1. The second-order valence-electron chi connectivity index (χ2n) is 6.27. The zero-order valence-corrected chi connectivity index (χ0v) is 16.1. The van der Waals surface area contributed by atoms with Gasteiger partial charge in [-0.1, -0.05) is 6.07 Å². The molecule has 0 atom stereocenters. The van der Waals surface area contributed by atoms with Crippen LogP contribution in [0.2, 0.25) is 0 Å². The number of phenolic OH excluding ortho intramolecular Hbond substituents is 1. The summed E-state index contributed by atoms with van der Waals surface area (Å²) in [6.07, 6.45) is 3.08. The van der Waals surface area contributed by atoms with Crippen molar-refractivity contribution in [2.75, 3.05) is 20.2 Å². The average Bonchev–Trinajstić information content (AvgIpc) is 3.25. The molecule has 148 valence electrons. The summed E-state index contributed by atoms with van der Waals surface area (Å²) in [4.78, 5) is 12.4. The van der Waals surface area contributed by atoms with Gasteiger partial charge in [0.05, 0.1) is 18.2 Å². The Hall–Kier alpha value is -2.91. The number of sulfonamides is 1. The average molecular weight is 403 g/mol. The van der Waals surface area contributed by atoms with Crippen molar-refractivity contribution < 1.29 is 23.1 Å². The van der Waals surface area contributed by atoms with Gasteiger partial charge in [-0.25, -0.2) is 13.8 Å². The lowest BCUT2D eigenvalue weighted by molar-refractivity contribution is 0.0955. The second-order valence-corrected chi connectivity index (χ2v) is 8.21. The van der Waals surface area contributed by atoms with Crippen molar-refractivity contribution in [2.24, 2.45) is 5.10 Å². The Morgan fingerprint density at radius 1 is 1.21 bits per heavy atom. The zero-order valence-electron chi connectivity index (χ0n) is 15.3. The Morgan fingerprint density at radius 2 is 1.96 bits per heavy atom. The molecule has 9 heteroatoms. The van der Waals surface area contributed by atoms with Crippen LogP contribution in [0.25, 0.3) is 0 Å². The van der Waals surface area contributed by atoms with Crippen LogP contribution < -0.4 is 10.2 Å². The van der Waals surface area contributed by atoms with E-state index in [1.807, 2.05) is 0 Å². The fraction of sp³-hybridized carbons (Fsp3) is 0.263. The number of amides is 1. The largest absolute Gasteiger partial charge is 0.504 e. The molecular weight excluding hydrogens is 382 g/mol. The van der Waals surface area contributed by atoms with E-state index in [0.717, 1.165) is 12.8 Å². The van der Waals surface area contributed by atoms with E-state index in [4.69, 9.17) is 4.74 Å². The Kier molecular flexibility index (Phi) is 5.96. The van der Waals surface area contributed by atoms with Crippen LogP contribution in [0.1, 0.15) is 28.8 Å². The molecular formula is C19H21N3O5S. The van der Waals surface area contributed by atoms with Crippen molar-refractivity contribution >= 4 is 22.1 Å². The molecule has 8 nitrogen and oxygen atoms in total. The van der Waals surface area contributed by atoms with Crippen molar-refractivity contribution in [1.82, 2.24) is 9.73 Å². The highest BCUT2D eigenvalue weighted by Gasteiger charge is 2.27. The normalized spacial score (nSPS) is 15.0. The molecule has 1 amide bonds. The molecule has 0 radical (unpaired) electrons. The maximum atomic E-state index is 12.6. The number of ether oxygens (including phenoxy) is 1. The minimum Gasteiger partial charge on any atom is -0.504 e. The van der Waals surface area contributed by atoms with Gasteiger partial charge in [0, 0.05) is 18.7 Å². The van der Waals surface area contributed by atoms with Gasteiger partial charge in [-0.3, -0.25) is 4.79 Å². The number of hydrogen-bond acceptors (Lipinski definition) is 6. The molecule has 28 heavy (non-hydrogen) atoms. The number of nitrogens with one attached hydrogen (secondary N) is 1. The number of carbonyl (C=O) groups is 1. The van der Waals surface area contributed by atoms with Crippen LogP contribution in [0.4, 0.5) is 0 Å². The molecule has 2 N–H and O–H groups in total. The first kappa shape index (κ1) is 19.8. The molecule has 1 aliphatic heterocycles. The number of nitrogens with zero attached hydrogens (tertiary/aromatic N) is 2. The van der Waals surface area contributed by atoms with Crippen LogP contribution in [0.15, 0.2) is 52.5 Å². The lowest BCUT2D eigenvalue weighted by Crippen LogP contribution is -2.28. The molecule has 1 fully saturated rings. The first-order chi connectivity index (χ1) is 13.4. The zero-order chi connectivity index (χ0) is 20.1. The van der Waals surface area contributed by atoms with Crippen LogP contribution in [0, 0.1) is 0 Å². The predicted octanol–water partition coefficient (Wildman–Crippen LogP) is 1.95. The molecule has 2 aromatic rings. The van der Waals surface area contributed by atoms with Crippen molar-refractivity contribution in [3.63, 3.8) is 0 Å². The summed E-state index contributed by atoms with van der Waals surface area (Å²) in [6, 6.07) is 10.5. The number of hydrogen-bond donors (Lipinski definition) is 2. The third kappa shape index (κ3) is 4.32. The summed E-state index contributed by atoms with van der Waals surface area (Å²) in [7, 11) is -2.16. The number of aromatic hydroxyl groups is 1. The van der Waals surface area contributed by atoms with Gasteiger partial charge in [0.15, 0.2) is 11.5 Å². The third-order valence-electron chi connectivity index (χ3n) is 4.38. The van der Waals surface area contributed by atoms with Crippen LogP contribution in [-0.4, -0.2) is 50.2 Å². The Bertz CT molecular complexity index is 998. The van der Waals surface area contributed by atoms with Crippen LogP contribution in [0.3, 0.4) is 0 Å². The summed E-state index contributed by atoms with van der Waals surface area (Å²) < 4.78 is 31.7.